The van der Waals surface area contributed by atoms with Crippen molar-refractivity contribution in [3.05, 3.63) is 71.8 Å². The van der Waals surface area contributed by atoms with Crippen LogP contribution in [0.1, 0.15) is 15.9 Å². The van der Waals surface area contributed by atoms with Gasteiger partial charge in [0.05, 0.1) is 0 Å². The number of hydrogen-bond acceptors (Lipinski definition) is 3. The van der Waals surface area contributed by atoms with Gasteiger partial charge in [-0.05, 0) is 23.8 Å². The van der Waals surface area contributed by atoms with Crippen LogP contribution in [0.15, 0.2) is 60.7 Å². The summed E-state index contributed by atoms with van der Waals surface area (Å²) in [6.07, 6.45) is -4.10. The molecule has 0 spiro atoms. The van der Waals surface area contributed by atoms with Gasteiger partial charge in [-0.15, -0.1) is 0 Å². The van der Waals surface area contributed by atoms with Gasteiger partial charge in [0.15, 0.2) is 5.78 Å². The number of esters is 1. The Morgan fingerprint density at radius 3 is 1.86 bits per heavy atom. The topological polar surface area (TPSA) is 43.4 Å². The maximum absolute atomic E-state index is 13.2. The first-order chi connectivity index (χ1) is 13.4. The van der Waals surface area contributed by atoms with Crippen LogP contribution < -0.4 is 4.74 Å². The molecule has 10 heteroatoms. The molecule has 0 aliphatic heterocycles. The van der Waals surface area contributed by atoms with Crippen molar-refractivity contribution in [1.29, 1.82) is 0 Å². The summed E-state index contributed by atoms with van der Waals surface area (Å²) in [5, 5.41) is 0. The van der Waals surface area contributed by atoms with Crippen LogP contribution in [0.25, 0.3) is 6.08 Å². The molecular weight excluding hydrogens is 409 g/mol. The van der Waals surface area contributed by atoms with Gasteiger partial charge >= 0.3 is 24.0 Å². The number of rotatable bonds is 6. The van der Waals surface area contributed by atoms with Crippen LogP contribution in [0.2, 0.25) is 0 Å². The molecule has 0 fully saturated rings. The van der Waals surface area contributed by atoms with Gasteiger partial charge in [0.25, 0.3) is 0 Å². The number of carbonyl (C=O) groups is 2. The van der Waals surface area contributed by atoms with Crippen molar-refractivity contribution in [2.45, 2.75) is 18.0 Å². The van der Waals surface area contributed by atoms with Crippen LogP contribution in [0.4, 0.5) is 30.7 Å². The van der Waals surface area contributed by atoms with E-state index in [0.29, 0.717) is 11.1 Å². The molecule has 0 aliphatic carbocycles. The highest BCUT2D eigenvalue weighted by Gasteiger charge is 2.77. The number of allylic oxidation sites excluding steroid dienone is 1. The van der Waals surface area contributed by atoms with Gasteiger partial charge in [-0.25, -0.2) is 4.79 Å². The van der Waals surface area contributed by atoms with Crippen molar-refractivity contribution in [3.63, 3.8) is 0 Å². The summed E-state index contributed by atoms with van der Waals surface area (Å²) >= 11 is 0. The van der Waals surface area contributed by atoms with Gasteiger partial charge in [-0.3, -0.25) is 4.79 Å². The third-order valence-electron chi connectivity index (χ3n) is 3.58. The molecule has 0 bridgehead atoms. The first kappa shape index (κ1) is 22.1. The highest BCUT2D eigenvalue weighted by Crippen LogP contribution is 2.47. The lowest BCUT2D eigenvalue weighted by atomic mass is 10.1. The Labute approximate surface area is 159 Å². The zero-order chi connectivity index (χ0) is 21.9. The van der Waals surface area contributed by atoms with E-state index < -0.39 is 29.7 Å². The SMILES string of the molecule is O=C(/C=C/c1ccc(OC(=O)C(F)(F)C(F)(F)C(F)(F)F)cc1)c1ccccc1. The fourth-order valence-electron chi connectivity index (χ4n) is 1.99. The van der Waals surface area contributed by atoms with E-state index in [0.717, 1.165) is 12.1 Å². The van der Waals surface area contributed by atoms with E-state index in [4.69, 9.17) is 0 Å². The van der Waals surface area contributed by atoms with Gasteiger partial charge in [-0.2, -0.15) is 30.7 Å². The summed E-state index contributed by atoms with van der Waals surface area (Å²) in [4.78, 5) is 23.1. The summed E-state index contributed by atoms with van der Waals surface area (Å²) in [5.74, 6) is -16.8. The van der Waals surface area contributed by atoms with Crippen LogP contribution in [-0.4, -0.2) is 29.8 Å². The van der Waals surface area contributed by atoms with E-state index in [1.807, 2.05) is 0 Å². The molecule has 0 saturated carbocycles. The Hall–Kier alpha value is -3.17. The molecule has 0 saturated heterocycles. The quantitative estimate of drug-likeness (QED) is 0.209. The number of ketones is 1. The van der Waals surface area contributed by atoms with Gasteiger partial charge in [0.2, 0.25) is 0 Å². The number of benzene rings is 2. The van der Waals surface area contributed by atoms with E-state index in [1.165, 1.54) is 24.3 Å². The summed E-state index contributed by atoms with van der Waals surface area (Å²) in [5.41, 5.74) is 0.753. The van der Waals surface area contributed by atoms with Crippen molar-refractivity contribution >= 4 is 17.8 Å². The number of halogens is 7. The monoisotopic (exact) mass is 420 g/mol. The molecule has 3 nitrogen and oxygen atoms in total. The second-order valence-electron chi connectivity index (χ2n) is 5.67. The molecule has 29 heavy (non-hydrogen) atoms. The predicted molar refractivity (Wildman–Crippen MR) is 87.8 cm³/mol. The molecule has 2 aromatic carbocycles. The van der Waals surface area contributed by atoms with Crippen LogP contribution in [0.3, 0.4) is 0 Å². The predicted octanol–water partition coefficient (Wildman–Crippen LogP) is 5.32. The highest BCUT2D eigenvalue weighted by atomic mass is 19.4. The highest BCUT2D eigenvalue weighted by molar-refractivity contribution is 6.06. The largest absolute Gasteiger partial charge is 0.460 e. The van der Waals surface area contributed by atoms with E-state index in [9.17, 15) is 40.3 Å². The van der Waals surface area contributed by atoms with E-state index in [2.05, 4.69) is 4.74 Å². The Bertz CT molecular complexity index is 902. The molecule has 0 radical (unpaired) electrons. The number of ether oxygens (including phenoxy) is 1. The minimum atomic E-state index is -6.64. The fourth-order valence-corrected chi connectivity index (χ4v) is 1.99. The zero-order valence-corrected chi connectivity index (χ0v) is 14.2. The van der Waals surface area contributed by atoms with E-state index >= 15 is 0 Å². The molecule has 0 unspecified atom stereocenters. The van der Waals surface area contributed by atoms with E-state index in [-0.39, 0.29) is 5.78 Å². The molecule has 0 aromatic heterocycles. The van der Waals surface area contributed by atoms with Crippen molar-refractivity contribution in [2.24, 2.45) is 0 Å². The molecule has 0 amide bonds. The molecule has 0 atom stereocenters. The molecule has 0 heterocycles. The summed E-state index contributed by atoms with van der Waals surface area (Å²) in [6, 6.07) is 12.3. The zero-order valence-electron chi connectivity index (χ0n) is 14.2. The lowest BCUT2D eigenvalue weighted by Gasteiger charge is -2.26. The van der Waals surface area contributed by atoms with Crippen LogP contribution in [0, 0.1) is 0 Å². The second-order valence-corrected chi connectivity index (χ2v) is 5.67. The standard InChI is InChI=1S/C19H11F7O3/c20-17(21,18(22,23)19(24,25)26)16(28)29-14-9-6-12(7-10-14)8-11-15(27)13-4-2-1-3-5-13/h1-11H/b11-8+. The third-order valence-corrected chi connectivity index (χ3v) is 3.58. The smallest absolute Gasteiger partial charge is 0.422 e. The van der Waals surface area contributed by atoms with Crippen LogP contribution >= 0.6 is 0 Å². The lowest BCUT2D eigenvalue weighted by Crippen LogP contribution is -2.57. The normalized spacial score (nSPS) is 12.8. The van der Waals surface area contributed by atoms with Crippen molar-refractivity contribution in [2.75, 3.05) is 0 Å². The third kappa shape index (κ3) is 4.82. The van der Waals surface area contributed by atoms with Crippen molar-refractivity contribution < 1.29 is 45.1 Å². The average molecular weight is 420 g/mol. The minimum absolute atomic E-state index is 0.338. The molecular formula is C19H11F7O3. The minimum Gasteiger partial charge on any atom is -0.422 e. The number of carbonyl (C=O) groups excluding carboxylic acids is 2. The fraction of sp³-hybridized carbons (Fsp3) is 0.158. The lowest BCUT2D eigenvalue weighted by molar-refractivity contribution is -0.346. The molecule has 2 aromatic rings. The Balaban J connectivity index is 2.08. The second kappa shape index (κ2) is 8.06. The summed E-state index contributed by atoms with van der Waals surface area (Å²) in [6.45, 7) is 0. The maximum atomic E-state index is 13.2. The molecule has 0 aliphatic rings. The molecule has 0 N–H and O–H groups in total. The van der Waals surface area contributed by atoms with Crippen molar-refractivity contribution in [3.8, 4) is 5.75 Å². The Kier molecular flexibility index (Phi) is 6.15. The Morgan fingerprint density at radius 2 is 1.34 bits per heavy atom. The average Bonchev–Trinajstić information content (AvgIpc) is 2.66. The first-order valence-corrected chi connectivity index (χ1v) is 7.78. The summed E-state index contributed by atoms with van der Waals surface area (Å²) in [7, 11) is 0. The van der Waals surface area contributed by atoms with Crippen LogP contribution in [-0.2, 0) is 4.79 Å². The first-order valence-electron chi connectivity index (χ1n) is 7.78. The molecule has 154 valence electrons. The van der Waals surface area contributed by atoms with Gasteiger partial charge in [-0.1, -0.05) is 48.5 Å². The summed E-state index contributed by atoms with van der Waals surface area (Å²) < 4.78 is 92.3. The maximum Gasteiger partial charge on any atom is 0.460 e. The number of alkyl halides is 7. The van der Waals surface area contributed by atoms with Crippen molar-refractivity contribution in [1.82, 2.24) is 0 Å². The Morgan fingerprint density at radius 1 is 0.793 bits per heavy atom. The molecule has 2 rings (SSSR count). The van der Waals surface area contributed by atoms with Crippen LogP contribution in [0.5, 0.6) is 5.75 Å². The number of hydrogen-bond donors (Lipinski definition) is 0. The van der Waals surface area contributed by atoms with Gasteiger partial charge < -0.3 is 4.74 Å². The van der Waals surface area contributed by atoms with Gasteiger partial charge in [0.1, 0.15) is 5.75 Å². The van der Waals surface area contributed by atoms with E-state index in [1.54, 1.807) is 30.3 Å². The van der Waals surface area contributed by atoms with Gasteiger partial charge in [0, 0.05) is 5.56 Å².